The zero-order valence-corrected chi connectivity index (χ0v) is 18.1. The number of aliphatic hydroxyl groups excluding tert-OH is 1. The van der Waals surface area contributed by atoms with Gasteiger partial charge in [0.25, 0.3) is 0 Å². The first-order chi connectivity index (χ1) is 14.2. The van der Waals surface area contributed by atoms with Crippen LogP contribution >= 0.6 is 23.5 Å². The number of nitrogens with zero attached hydrogens (tertiary/aromatic N) is 3. The van der Waals surface area contributed by atoms with Crippen LogP contribution in [0.15, 0.2) is 11.1 Å². The molecule has 0 spiro atoms. The number of nitrogens with one attached hydrogen (secondary N) is 1. The number of aromatic amines is 1. The predicted octanol–water partition coefficient (Wildman–Crippen LogP) is -0.580. The number of fused-ring (bicyclic) bond motifs is 1. The van der Waals surface area contributed by atoms with E-state index in [1.165, 1.54) is 10.9 Å². The van der Waals surface area contributed by atoms with Crippen LogP contribution in [0, 0.1) is 6.92 Å². The lowest BCUT2D eigenvalue weighted by molar-refractivity contribution is -0.0423. The molecule has 20 heteroatoms. The van der Waals surface area contributed by atoms with Crippen molar-refractivity contribution in [2.45, 2.75) is 31.8 Å². The van der Waals surface area contributed by atoms with E-state index in [0.717, 1.165) is 0 Å². The van der Waals surface area contributed by atoms with Crippen molar-refractivity contribution in [2.75, 3.05) is 6.61 Å². The Hall–Kier alpha value is -1.32. The molecule has 3 rings (SSSR count). The average Bonchev–Trinajstić information content (AvgIpc) is 3.13. The number of ether oxygens (including phenoxy) is 1. The molecule has 3 unspecified atom stereocenters. The molecule has 2 aromatic rings. The maximum atomic E-state index is 11.8. The fourth-order valence-electron chi connectivity index (χ4n) is 2.81. The Balaban J connectivity index is 1.67. The van der Waals surface area contributed by atoms with Crippen molar-refractivity contribution in [1.82, 2.24) is 19.5 Å². The van der Waals surface area contributed by atoms with Crippen LogP contribution in [0.2, 0.25) is 0 Å². The van der Waals surface area contributed by atoms with Crippen molar-refractivity contribution in [2.24, 2.45) is 0 Å². The Morgan fingerprint density at radius 1 is 1.23 bits per heavy atom. The Morgan fingerprint density at radius 3 is 2.55 bits per heavy atom. The molecular weight excluding hydrogens is 489 g/mol. The molecule has 1 aliphatic rings. The number of imidazole rings is 1. The van der Waals surface area contributed by atoms with Gasteiger partial charge in [0.1, 0.15) is 23.5 Å². The summed E-state index contributed by atoms with van der Waals surface area (Å²) in [5.41, 5.74) is 0.382. The average molecular weight is 506 g/mol. The van der Waals surface area contributed by atoms with Gasteiger partial charge in [0.05, 0.1) is 24.7 Å². The second kappa shape index (κ2) is 8.56. The van der Waals surface area contributed by atoms with E-state index in [0.29, 0.717) is 11.2 Å². The van der Waals surface area contributed by atoms with Crippen LogP contribution in [-0.2, 0) is 31.6 Å². The number of rotatable bonds is 8. The Bertz CT molecular complexity index is 1170. The van der Waals surface area contributed by atoms with Gasteiger partial charge in [-0.25, -0.2) is 23.5 Å². The molecule has 0 aliphatic carbocycles. The third kappa shape index (κ3) is 6.14. The molecular formula is C11H17N4O13P3. The molecule has 1 aliphatic heterocycles. The summed E-state index contributed by atoms with van der Waals surface area (Å²) in [6.07, 6.45) is -2.03. The number of aryl methyl sites for hydroxylation is 1. The predicted molar refractivity (Wildman–Crippen MR) is 97.2 cm³/mol. The largest absolute Gasteiger partial charge is 0.490 e. The van der Waals surface area contributed by atoms with Crippen LogP contribution in [-0.4, -0.2) is 63.0 Å². The number of H-pyrrole nitrogens is 1. The van der Waals surface area contributed by atoms with Gasteiger partial charge in [0.15, 0.2) is 0 Å². The zero-order valence-electron chi connectivity index (χ0n) is 15.4. The fraction of sp³-hybridized carbons (Fsp3) is 0.545. The van der Waals surface area contributed by atoms with E-state index in [4.69, 9.17) is 19.4 Å². The van der Waals surface area contributed by atoms with E-state index in [9.17, 15) is 28.5 Å². The highest BCUT2D eigenvalue weighted by Gasteiger charge is 2.43. The summed E-state index contributed by atoms with van der Waals surface area (Å²) in [5.74, 6) is 0. The van der Waals surface area contributed by atoms with Crippen molar-refractivity contribution in [3.05, 3.63) is 22.5 Å². The Kier molecular flexibility index (Phi) is 6.71. The van der Waals surface area contributed by atoms with Gasteiger partial charge in [-0.1, -0.05) is 0 Å². The van der Waals surface area contributed by atoms with Crippen molar-refractivity contribution in [3.8, 4) is 0 Å². The first kappa shape index (κ1) is 24.3. The number of hydrogen-bond donors (Lipinski definition) is 6. The molecule has 174 valence electrons. The third-order valence-electron chi connectivity index (χ3n) is 3.96. The zero-order chi connectivity index (χ0) is 23.2. The highest BCUT2D eigenvalue weighted by atomic mass is 31.3. The van der Waals surface area contributed by atoms with Gasteiger partial charge < -0.3 is 29.4 Å². The molecule has 0 amide bonds. The highest BCUT2D eigenvalue weighted by molar-refractivity contribution is 7.66. The van der Waals surface area contributed by atoms with Crippen molar-refractivity contribution in [1.29, 1.82) is 0 Å². The summed E-state index contributed by atoms with van der Waals surface area (Å²) in [4.78, 5) is 57.5. The molecule has 1 saturated heterocycles. The van der Waals surface area contributed by atoms with Crippen LogP contribution in [0.25, 0.3) is 11.2 Å². The van der Waals surface area contributed by atoms with Crippen LogP contribution in [0.4, 0.5) is 0 Å². The van der Waals surface area contributed by atoms with E-state index in [1.54, 1.807) is 6.92 Å². The van der Waals surface area contributed by atoms with E-state index in [1.807, 2.05) is 0 Å². The van der Waals surface area contributed by atoms with E-state index in [2.05, 4.69) is 28.1 Å². The Morgan fingerprint density at radius 2 is 1.90 bits per heavy atom. The molecule has 0 radical (unpaired) electrons. The first-order valence-corrected chi connectivity index (χ1v) is 12.7. The van der Waals surface area contributed by atoms with Gasteiger partial charge in [-0.3, -0.25) is 14.1 Å². The summed E-state index contributed by atoms with van der Waals surface area (Å²) in [6.45, 7) is 0.760. The van der Waals surface area contributed by atoms with Gasteiger partial charge in [-0.05, 0) is 6.92 Å². The van der Waals surface area contributed by atoms with Gasteiger partial charge in [0, 0.05) is 6.42 Å². The molecule has 0 saturated carbocycles. The van der Waals surface area contributed by atoms with E-state index < -0.39 is 54.2 Å². The molecule has 31 heavy (non-hydrogen) atoms. The smallest absolute Gasteiger partial charge is 0.390 e. The second-order valence-corrected chi connectivity index (χ2v) is 10.7. The number of aliphatic hydroxyl groups is 1. The van der Waals surface area contributed by atoms with Crippen molar-refractivity contribution >= 4 is 34.6 Å². The minimum absolute atomic E-state index is 0.0424. The standard InChI is InChI=1S/C11H17N4O13P3/c1-5-9-10(14-11(17)13-5)15(4-12-9)8-2-6(16)7(26-8)3-25-30(21,22)28-31(23,24)27-29(18,19)20/h4,6-8,16H,2-3H2,1H3,(H,21,22)(H,23,24)(H,13,14,17)(H2,18,19,20)/t6?,7-,8-/m1/s1. The number of aromatic nitrogens is 4. The molecule has 1 fully saturated rings. The van der Waals surface area contributed by atoms with E-state index >= 15 is 0 Å². The Labute approximate surface area is 172 Å². The number of hydrogen-bond acceptors (Lipinski definition) is 11. The first-order valence-electron chi connectivity index (χ1n) is 8.21. The number of phosphoric acid groups is 3. The SMILES string of the molecule is Cc1nc(=O)[nH]c2c1ncn2[C@H]1CC(O)[C@@H](COP(=O)(O)OP(=O)(O)OP(=O)(O)O)O1. The molecule has 5 atom stereocenters. The minimum atomic E-state index is -5.66. The summed E-state index contributed by atoms with van der Waals surface area (Å²) in [5, 5.41) is 10.2. The number of phosphoric ester groups is 1. The second-order valence-electron chi connectivity index (χ2n) is 6.30. The third-order valence-corrected chi connectivity index (χ3v) is 7.77. The summed E-state index contributed by atoms with van der Waals surface area (Å²) < 4.78 is 52.3. The topological polar surface area (TPSA) is 253 Å². The molecule has 0 bridgehead atoms. The summed E-state index contributed by atoms with van der Waals surface area (Å²) in [7, 11) is -16.5. The fourth-order valence-corrected chi connectivity index (χ4v) is 5.84. The quantitative estimate of drug-likeness (QED) is 0.245. The minimum Gasteiger partial charge on any atom is -0.390 e. The summed E-state index contributed by atoms with van der Waals surface area (Å²) >= 11 is 0. The molecule has 0 aromatic carbocycles. The van der Waals surface area contributed by atoms with Gasteiger partial charge in [0.2, 0.25) is 0 Å². The van der Waals surface area contributed by atoms with Crippen LogP contribution in [0.3, 0.4) is 0 Å². The van der Waals surface area contributed by atoms with E-state index in [-0.39, 0.29) is 12.1 Å². The molecule has 17 nitrogen and oxygen atoms in total. The van der Waals surface area contributed by atoms with Crippen LogP contribution < -0.4 is 5.69 Å². The lowest BCUT2D eigenvalue weighted by atomic mass is 10.2. The van der Waals surface area contributed by atoms with Gasteiger partial charge in [-0.2, -0.15) is 13.6 Å². The summed E-state index contributed by atoms with van der Waals surface area (Å²) in [6, 6.07) is 0. The van der Waals surface area contributed by atoms with Crippen molar-refractivity contribution < 1.29 is 56.3 Å². The van der Waals surface area contributed by atoms with Crippen LogP contribution in [0.1, 0.15) is 18.3 Å². The lowest BCUT2D eigenvalue weighted by Crippen LogP contribution is -2.26. The lowest BCUT2D eigenvalue weighted by Gasteiger charge is -2.19. The maximum absolute atomic E-state index is 11.8. The van der Waals surface area contributed by atoms with Crippen molar-refractivity contribution in [3.63, 3.8) is 0 Å². The van der Waals surface area contributed by atoms with Gasteiger partial charge >= 0.3 is 29.2 Å². The molecule has 3 heterocycles. The maximum Gasteiger partial charge on any atom is 0.490 e. The monoisotopic (exact) mass is 506 g/mol. The van der Waals surface area contributed by atoms with Gasteiger partial charge in [-0.15, -0.1) is 0 Å². The molecule has 6 N–H and O–H groups in total. The highest BCUT2D eigenvalue weighted by Crippen LogP contribution is 2.66. The molecule has 2 aromatic heterocycles. The van der Waals surface area contributed by atoms with Crippen LogP contribution in [0.5, 0.6) is 0 Å². The normalized spacial score (nSPS) is 26.1.